The lowest BCUT2D eigenvalue weighted by molar-refractivity contribution is 0.198. The monoisotopic (exact) mass is 253 g/mol. The second-order valence-corrected chi connectivity index (χ2v) is 4.90. The van der Waals surface area contributed by atoms with Crippen LogP contribution in [-0.4, -0.2) is 42.3 Å². The van der Waals surface area contributed by atoms with Crippen molar-refractivity contribution in [1.29, 1.82) is 0 Å². The Labute approximate surface area is 108 Å². The summed E-state index contributed by atoms with van der Waals surface area (Å²) in [7, 11) is 1.70. The molecule has 0 aliphatic rings. The number of aromatic nitrogens is 2. The van der Waals surface area contributed by atoms with Gasteiger partial charge in [0, 0.05) is 38.4 Å². The SMILES string of the molecule is COCCCNc1cc(NCC(C)(C)N)ncn1. The van der Waals surface area contributed by atoms with Gasteiger partial charge in [0.25, 0.3) is 0 Å². The maximum atomic E-state index is 5.90. The molecule has 18 heavy (non-hydrogen) atoms. The normalized spacial score (nSPS) is 11.3. The van der Waals surface area contributed by atoms with Crippen molar-refractivity contribution in [1.82, 2.24) is 9.97 Å². The topological polar surface area (TPSA) is 85.1 Å². The van der Waals surface area contributed by atoms with E-state index in [1.54, 1.807) is 7.11 Å². The van der Waals surface area contributed by atoms with Gasteiger partial charge >= 0.3 is 0 Å². The molecule has 0 saturated carbocycles. The summed E-state index contributed by atoms with van der Waals surface area (Å²) >= 11 is 0. The molecule has 6 heteroatoms. The third-order valence-corrected chi connectivity index (χ3v) is 2.22. The van der Waals surface area contributed by atoms with Crippen molar-refractivity contribution in [2.45, 2.75) is 25.8 Å². The molecule has 6 nitrogen and oxygen atoms in total. The van der Waals surface area contributed by atoms with E-state index in [1.807, 2.05) is 19.9 Å². The van der Waals surface area contributed by atoms with Gasteiger partial charge in [-0.25, -0.2) is 9.97 Å². The van der Waals surface area contributed by atoms with E-state index in [1.165, 1.54) is 6.33 Å². The molecule has 0 amide bonds. The summed E-state index contributed by atoms with van der Waals surface area (Å²) < 4.78 is 4.98. The molecule has 0 aliphatic heterocycles. The standard InChI is InChI=1S/C12H23N5O/c1-12(2,13)8-15-11-7-10(16-9-17-11)14-5-4-6-18-3/h7,9H,4-6,8,13H2,1-3H3,(H2,14,15,16,17). The molecule has 0 aliphatic carbocycles. The van der Waals surface area contributed by atoms with E-state index in [-0.39, 0.29) is 5.54 Å². The molecule has 0 unspecified atom stereocenters. The minimum atomic E-state index is -0.267. The Morgan fingerprint density at radius 2 is 1.94 bits per heavy atom. The largest absolute Gasteiger partial charge is 0.385 e. The van der Waals surface area contributed by atoms with E-state index in [4.69, 9.17) is 10.5 Å². The van der Waals surface area contributed by atoms with Crippen LogP contribution >= 0.6 is 0 Å². The van der Waals surface area contributed by atoms with Crippen LogP contribution in [-0.2, 0) is 4.74 Å². The Morgan fingerprint density at radius 1 is 1.28 bits per heavy atom. The number of hydrogen-bond donors (Lipinski definition) is 3. The maximum absolute atomic E-state index is 5.90. The molecule has 0 radical (unpaired) electrons. The number of rotatable bonds is 8. The summed E-state index contributed by atoms with van der Waals surface area (Å²) in [4.78, 5) is 8.29. The molecule has 1 rings (SSSR count). The van der Waals surface area contributed by atoms with Crippen molar-refractivity contribution >= 4 is 11.6 Å². The van der Waals surface area contributed by atoms with E-state index < -0.39 is 0 Å². The van der Waals surface area contributed by atoms with Gasteiger partial charge in [0.1, 0.15) is 18.0 Å². The Morgan fingerprint density at radius 3 is 2.56 bits per heavy atom. The van der Waals surface area contributed by atoms with Crippen LogP contribution in [0.2, 0.25) is 0 Å². The highest BCUT2D eigenvalue weighted by molar-refractivity contribution is 5.46. The lowest BCUT2D eigenvalue weighted by Gasteiger charge is -2.19. The first-order valence-electron chi connectivity index (χ1n) is 6.09. The fourth-order valence-electron chi connectivity index (χ4n) is 1.30. The van der Waals surface area contributed by atoms with Crippen molar-refractivity contribution in [3.8, 4) is 0 Å². The number of nitrogens with zero attached hydrogens (tertiary/aromatic N) is 2. The number of nitrogens with one attached hydrogen (secondary N) is 2. The zero-order chi connectivity index (χ0) is 13.4. The van der Waals surface area contributed by atoms with Crippen LogP contribution in [0.25, 0.3) is 0 Å². The molecule has 0 atom stereocenters. The first-order chi connectivity index (χ1) is 8.51. The Balaban J connectivity index is 2.41. The van der Waals surface area contributed by atoms with Crippen molar-refractivity contribution in [2.75, 3.05) is 37.4 Å². The predicted octanol–water partition coefficient (Wildman–Crippen LogP) is 1.07. The van der Waals surface area contributed by atoms with Crippen molar-refractivity contribution in [2.24, 2.45) is 5.73 Å². The van der Waals surface area contributed by atoms with Gasteiger partial charge in [-0.15, -0.1) is 0 Å². The average Bonchev–Trinajstić information content (AvgIpc) is 2.32. The molecule has 102 valence electrons. The van der Waals surface area contributed by atoms with Gasteiger partial charge in [0.2, 0.25) is 0 Å². The molecular formula is C12H23N5O. The third-order valence-electron chi connectivity index (χ3n) is 2.22. The Hall–Kier alpha value is -1.40. The molecule has 1 aromatic rings. The lowest BCUT2D eigenvalue weighted by Crippen LogP contribution is -2.39. The van der Waals surface area contributed by atoms with Gasteiger partial charge < -0.3 is 21.1 Å². The van der Waals surface area contributed by atoms with Gasteiger partial charge in [-0.05, 0) is 20.3 Å². The van der Waals surface area contributed by atoms with E-state index in [2.05, 4.69) is 20.6 Å². The highest BCUT2D eigenvalue weighted by Gasteiger charge is 2.10. The fraction of sp³-hybridized carbons (Fsp3) is 0.667. The molecule has 0 fully saturated rings. The van der Waals surface area contributed by atoms with Crippen molar-refractivity contribution in [3.05, 3.63) is 12.4 Å². The summed E-state index contributed by atoms with van der Waals surface area (Å²) in [5.74, 6) is 1.58. The predicted molar refractivity (Wildman–Crippen MR) is 73.8 cm³/mol. The second-order valence-electron chi connectivity index (χ2n) is 4.90. The molecule has 0 saturated heterocycles. The number of nitrogens with two attached hydrogens (primary N) is 1. The molecule has 1 heterocycles. The van der Waals surface area contributed by atoms with Crippen LogP contribution in [0.1, 0.15) is 20.3 Å². The van der Waals surface area contributed by atoms with E-state index in [0.29, 0.717) is 6.54 Å². The van der Waals surface area contributed by atoms with E-state index in [9.17, 15) is 0 Å². The number of hydrogen-bond acceptors (Lipinski definition) is 6. The van der Waals surface area contributed by atoms with Crippen molar-refractivity contribution in [3.63, 3.8) is 0 Å². The second kappa shape index (κ2) is 7.13. The minimum Gasteiger partial charge on any atom is -0.385 e. The van der Waals surface area contributed by atoms with Crippen LogP contribution in [0, 0.1) is 0 Å². The molecule has 4 N–H and O–H groups in total. The number of ether oxygens (including phenoxy) is 1. The van der Waals surface area contributed by atoms with Crippen LogP contribution in [0.5, 0.6) is 0 Å². The third kappa shape index (κ3) is 6.36. The van der Waals surface area contributed by atoms with Crippen LogP contribution in [0.4, 0.5) is 11.6 Å². The highest BCUT2D eigenvalue weighted by Crippen LogP contribution is 2.09. The average molecular weight is 253 g/mol. The van der Waals surface area contributed by atoms with Crippen LogP contribution in [0.15, 0.2) is 12.4 Å². The molecule has 0 spiro atoms. The molecule has 0 bridgehead atoms. The number of anilines is 2. The van der Waals surface area contributed by atoms with Crippen LogP contribution < -0.4 is 16.4 Å². The Bertz CT molecular complexity index is 351. The summed E-state index contributed by atoms with van der Waals surface area (Å²) in [5, 5.41) is 6.40. The zero-order valence-corrected chi connectivity index (χ0v) is 11.4. The smallest absolute Gasteiger partial charge is 0.131 e. The van der Waals surface area contributed by atoms with Gasteiger partial charge in [0.05, 0.1) is 0 Å². The highest BCUT2D eigenvalue weighted by atomic mass is 16.5. The summed E-state index contributed by atoms with van der Waals surface area (Å²) in [6, 6.07) is 1.87. The molecular weight excluding hydrogens is 230 g/mol. The summed E-state index contributed by atoms with van der Waals surface area (Å²) in [6.45, 7) is 6.15. The van der Waals surface area contributed by atoms with Gasteiger partial charge in [-0.2, -0.15) is 0 Å². The zero-order valence-electron chi connectivity index (χ0n) is 11.4. The van der Waals surface area contributed by atoms with Crippen LogP contribution in [0.3, 0.4) is 0 Å². The number of methoxy groups -OCH3 is 1. The van der Waals surface area contributed by atoms with E-state index in [0.717, 1.165) is 31.2 Å². The van der Waals surface area contributed by atoms with Gasteiger partial charge in [-0.3, -0.25) is 0 Å². The Kier molecular flexibility index (Phi) is 5.80. The lowest BCUT2D eigenvalue weighted by atomic mass is 10.1. The molecule has 0 aromatic carbocycles. The maximum Gasteiger partial charge on any atom is 0.131 e. The minimum absolute atomic E-state index is 0.267. The van der Waals surface area contributed by atoms with Gasteiger partial charge in [-0.1, -0.05) is 0 Å². The summed E-state index contributed by atoms with van der Waals surface area (Å²) in [5.41, 5.74) is 5.63. The van der Waals surface area contributed by atoms with E-state index >= 15 is 0 Å². The fourth-order valence-corrected chi connectivity index (χ4v) is 1.30. The molecule has 1 aromatic heterocycles. The van der Waals surface area contributed by atoms with Crippen molar-refractivity contribution < 1.29 is 4.74 Å². The summed E-state index contributed by atoms with van der Waals surface area (Å²) in [6.07, 6.45) is 2.48. The first kappa shape index (κ1) is 14.7. The van der Waals surface area contributed by atoms with Gasteiger partial charge in [0.15, 0.2) is 0 Å². The quantitative estimate of drug-likeness (QED) is 0.601. The first-order valence-corrected chi connectivity index (χ1v) is 6.09.